The van der Waals surface area contributed by atoms with Crippen LogP contribution < -0.4 is 0 Å². The predicted octanol–water partition coefficient (Wildman–Crippen LogP) is 2.64. The van der Waals surface area contributed by atoms with Crippen molar-refractivity contribution in [2.45, 2.75) is 25.9 Å². The third-order valence-corrected chi connectivity index (χ3v) is 2.44. The maximum atomic E-state index is 10.9. The number of carbonyl (C=O) groups is 1. The van der Waals surface area contributed by atoms with Crippen LogP contribution >= 0.6 is 0 Å². The van der Waals surface area contributed by atoms with Crippen LogP contribution in [0.25, 0.3) is 0 Å². The number of ether oxygens (including phenoxy) is 1. The van der Waals surface area contributed by atoms with E-state index in [9.17, 15) is 4.79 Å². The summed E-state index contributed by atoms with van der Waals surface area (Å²) in [5, 5.41) is 0. The van der Waals surface area contributed by atoms with E-state index in [2.05, 4.69) is 12.5 Å². The molecule has 1 unspecified atom stereocenters. The Morgan fingerprint density at radius 3 is 3.00 bits per heavy atom. The third kappa shape index (κ3) is 1.79. The Labute approximate surface area is 83.9 Å². The Kier molecular flexibility index (Phi) is 2.53. The average Bonchev–Trinajstić information content (AvgIpc) is 2.18. The Morgan fingerprint density at radius 2 is 2.21 bits per heavy atom. The normalized spacial score (nSPS) is 19.9. The minimum Gasteiger partial charge on any atom is -0.458 e. The van der Waals surface area contributed by atoms with Gasteiger partial charge in [-0.3, -0.25) is 4.79 Å². The monoisotopic (exact) mass is 189 g/mol. The first-order chi connectivity index (χ1) is 6.77. The maximum absolute atomic E-state index is 10.9. The highest BCUT2D eigenvalue weighted by Gasteiger charge is 2.21. The number of benzene rings is 1. The van der Waals surface area contributed by atoms with Crippen LogP contribution in [0.4, 0.5) is 0 Å². The molecule has 0 aliphatic heterocycles. The van der Waals surface area contributed by atoms with Crippen molar-refractivity contribution >= 4 is 5.97 Å². The molecule has 1 radical (unpaired) electrons. The van der Waals surface area contributed by atoms with Crippen LogP contribution in [0.5, 0.6) is 0 Å². The molecule has 0 heterocycles. The van der Waals surface area contributed by atoms with Gasteiger partial charge in [0.15, 0.2) is 0 Å². The van der Waals surface area contributed by atoms with E-state index in [4.69, 9.17) is 4.74 Å². The van der Waals surface area contributed by atoms with Gasteiger partial charge in [-0.25, -0.2) is 0 Å². The van der Waals surface area contributed by atoms with Crippen LogP contribution in [0.1, 0.15) is 37.0 Å². The molecule has 0 N–H and O–H groups in total. The van der Waals surface area contributed by atoms with E-state index in [1.807, 2.05) is 18.2 Å². The van der Waals surface area contributed by atoms with Gasteiger partial charge in [0, 0.05) is 6.92 Å². The van der Waals surface area contributed by atoms with Gasteiger partial charge < -0.3 is 4.74 Å². The van der Waals surface area contributed by atoms with Crippen molar-refractivity contribution in [2.75, 3.05) is 0 Å². The first-order valence-corrected chi connectivity index (χ1v) is 4.87. The van der Waals surface area contributed by atoms with Crippen LogP contribution in [0.15, 0.2) is 24.3 Å². The number of hydrogen-bond acceptors (Lipinski definition) is 2. The summed E-state index contributed by atoms with van der Waals surface area (Å²) in [5.74, 6) is -0.202. The van der Waals surface area contributed by atoms with Crippen molar-refractivity contribution < 1.29 is 9.53 Å². The molecule has 0 bridgehead atoms. The molecule has 1 aromatic rings. The summed E-state index contributed by atoms with van der Waals surface area (Å²) in [7, 11) is 0. The third-order valence-electron chi connectivity index (χ3n) is 2.44. The molecule has 0 amide bonds. The summed E-state index contributed by atoms with van der Waals surface area (Å²) < 4.78 is 5.26. The smallest absolute Gasteiger partial charge is 0.303 e. The van der Waals surface area contributed by atoms with E-state index >= 15 is 0 Å². The average molecular weight is 189 g/mol. The molecule has 2 rings (SSSR count). The minimum absolute atomic E-state index is 0.0475. The van der Waals surface area contributed by atoms with E-state index in [0.29, 0.717) is 0 Å². The lowest BCUT2D eigenvalue weighted by molar-refractivity contribution is -0.147. The highest BCUT2D eigenvalue weighted by atomic mass is 16.5. The number of rotatable bonds is 1. The number of esters is 1. The molecule has 0 spiro atoms. The first kappa shape index (κ1) is 9.25. The SMILES string of the molecule is CC(=O)OC1CC[CH]c2ccccc21. The molecule has 1 atom stereocenters. The summed E-state index contributed by atoms with van der Waals surface area (Å²) in [4.78, 5) is 10.9. The highest BCUT2D eigenvalue weighted by Crippen LogP contribution is 2.33. The lowest BCUT2D eigenvalue weighted by Crippen LogP contribution is -2.14. The fourth-order valence-electron chi connectivity index (χ4n) is 1.86. The van der Waals surface area contributed by atoms with E-state index in [0.717, 1.165) is 18.4 Å². The standard InChI is InChI=1S/C12H13O2/c1-9(13)14-12-8-4-6-10-5-2-3-7-11(10)12/h2-3,5-7,12H,4,8H2,1H3. The lowest BCUT2D eigenvalue weighted by Gasteiger charge is -2.24. The number of fused-ring (bicyclic) bond motifs is 1. The molecule has 2 nitrogen and oxygen atoms in total. The molecular formula is C12H13O2. The van der Waals surface area contributed by atoms with Crippen molar-refractivity contribution in [1.29, 1.82) is 0 Å². The van der Waals surface area contributed by atoms with Crippen molar-refractivity contribution in [3.8, 4) is 0 Å². The fourth-order valence-corrected chi connectivity index (χ4v) is 1.86. The summed E-state index contributed by atoms with van der Waals surface area (Å²) >= 11 is 0. The van der Waals surface area contributed by atoms with Gasteiger partial charge in [0.05, 0.1) is 0 Å². The van der Waals surface area contributed by atoms with Gasteiger partial charge >= 0.3 is 5.97 Å². The minimum atomic E-state index is -0.202. The Balaban J connectivity index is 2.26. The van der Waals surface area contributed by atoms with Crippen molar-refractivity contribution in [2.24, 2.45) is 0 Å². The van der Waals surface area contributed by atoms with Crippen LogP contribution in [-0.2, 0) is 9.53 Å². The summed E-state index contributed by atoms with van der Waals surface area (Å²) in [6.07, 6.45) is 4.02. The van der Waals surface area contributed by atoms with Crippen molar-refractivity contribution in [1.82, 2.24) is 0 Å². The molecule has 73 valence electrons. The summed E-state index contributed by atoms with van der Waals surface area (Å²) in [6.45, 7) is 1.46. The van der Waals surface area contributed by atoms with Crippen molar-refractivity contribution in [3.63, 3.8) is 0 Å². The molecule has 2 heteroatoms. The Bertz CT molecular complexity index is 344. The van der Waals surface area contributed by atoms with Crippen LogP contribution in [-0.4, -0.2) is 5.97 Å². The molecule has 0 saturated heterocycles. The molecular weight excluding hydrogens is 176 g/mol. The second kappa shape index (κ2) is 3.82. The maximum Gasteiger partial charge on any atom is 0.303 e. The van der Waals surface area contributed by atoms with Gasteiger partial charge in [-0.1, -0.05) is 24.3 Å². The first-order valence-electron chi connectivity index (χ1n) is 4.87. The highest BCUT2D eigenvalue weighted by molar-refractivity contribution is 5.66. The quantitative estimate of drug-likeness (QED) is 0.635. The molecule has 0 fully saturated rings. The van der Waals surface area contributed by atoms with Gasteiger partial charge in [-0.05, 0) is 30.4 Å². The number of carbonyl (C=O) groups excluding carboxylic acids is 1. The molecule has 0 aromatic heterocycles. The lowest BCUT2D eigenvalue weighted by atomic mass is 9.89. The van der Waals surface area contributed by atoms with E-state index in [-0.39, 0.29) is 12.1 Å². The Morgan fingerprint density at radius 1 is 1.43 bits per heavy atom. The van der Waals surface area contributed by atoms with Gasteiger partial charge in [0.25, 0.3) is 0 Å². The molecule has 14 heavy (non-hydrogen) atoms. The van der Waals surface area contributed by atoms with Gasteiger partial charge in [-0.2, -0.15) is 0 Å². The zero-order valence-electron chi connectivity index (χ0n) is 8.19. The molecule has 1 aliphatic rings. The van der Waals surface area contributed by atoms with Gasteiger partial charge in [0.2, 0.25) is 0 Å². The van der Waals surface area contributed by atoms with Crippen LogP contribution in [0, 0.1) is 6.42 Å². The van der Waals surface area contributed by atoms with Crippen LogP contribution in [0.2, 0.25) is 0 Å². The van der Waals surface area contributed by atoms with E-state index < -0.39 is 0 Å². The summed E-state index contributed by atoms with van der Waals surface area (Å²) in [6, 6.07) is 8.07. The van der Waals surface area contributed by atoms with E-state index in [1.54, 1.807) is 0 Å². The largest absolute Gasteiger partial charge is 0.458 e. The van der Waals surface area contributed by atoms with Crippen LogP contribution in [0.3, 0.4) is 0 Å². The fraction of sp³-hybridized carbons (Fsp3) is 0.333. The molecule has 0 saturated carbocycles. The second-order valence-electron chi connectivity index (χ2n) is 3.51. The zero-order chi connectivity index (χ0) is 9.97. The van der Waals surface area contributed by atoms with Gasteiger partial charge in [-0.15, -0.1) is 0 Å². The molecule has 1 aromatic carbocycles. The Hall–Kier alpha value is -1.31. The second-order valence-corrected chi connectivity index (χ2v) is 3.51. The number of hydrogen-bond donors (Lipinski definition) is 0. The van der Waals surface area contributed by atoms with E-state index in [1.165, 1.54) is 12.5 Å². The van der Waals surface area contributed by atoms with Gasteiger partial charge in [0.1, 0.15) is 6.10 Å². The predicted molar refractivity (Wildman–Crippen MR) is 53.6 cm³/mol. The zero-order valence-corrected chi connectivity index (χ0v) is 8.19. The van der Waals surface area contributed by atoms with Crippen molar-refractivity contribution in [3.05, 3.63) is 41.8 Å². The topological polar surface area (TPSA) is 26.3 Å². The molecule has 1 aliphatic carbocycles. The summed E-state index contributed by atoms with van der Waals surface area (Å²) in [5.41, 5.74) is 2.33.